The molecule has 0 aliphatic carbocycles. The van der Waals surface area contributed by atoms with Gasteiger partial charge in [0.25, 0.3) is 0 Å². The highest BCUT2D eigenvalue weighted by Crippen LogP contribution is 2.35. The van der Waals surface area contributed by atoms with Gasteiger partial charge in [0.1, 0.15) is 11.3 Å². The molecule has 1 aromatic heterocycles. The Morgan fingerprint density at radius 1 is 1.28 bits per heavy atom. The molecule has 2 rings (SSSR count). The molecule has 0 radical (unpaired) electrons. The van der Waals surface area contributed by atoms with Crippen molar-refractivity contribution >= 4 is 22.7 Å². The van der Waals surface area contributed by atoms with E-state index in [1.807, 2.05) is 27.7 Å². The van der Waals surface area contributed by atoms with Crippen LogP contribution in [0.4, 0.5) is 4.39 Å². The number of benzene rings is 1. The van der Waals surface area contributed by atoms with E-state index in [0.29, 0.717) is 17.0 Å². The number of oxazole rings is 1. The quantitative estimate of drug-likeness (QED) is 0.906. The highest BCUT2D eigenvalue weighted by atomic mass is 35.5. The van der Waals surface area contributed by atoms with E-state index in [2.05, 4.69) is 4.98 Å². The second-order valence-electron chi connectivity index (χ2n) is 5.60. The van der Waals surface area contributed by atoms with Crippen molar-refractivity contribution in [3.63, 3.8) is 0 Å². The molecule has 1 heterocycles. The molecule has 0 unspecified atom stereocenters. The first-order valence-electron chi connectivity index (χ1n) is 5.68. The van der Waals surface area contributed by atoms with E-state index in [4.69, 9.17) is 21.8 Å². The lowest BCUT2D eigenvalue weighted by Gasteiger charge is -2.35. The molecule has 0 amide bonds. The van der Waals surface area contributed by atoms with Crippen LogP contribution in [0.15, 0.2) is 16.5 Å². The summed E-state index contributed by atoms with van der Waals surface area (Å²) < 4.78 is 18.9. The maximum absolute atomic E-state index is 13.3. The van der Waals surface area contributed by atoms with E-state index in [-0.39, 0.29) is 5.02 Å². The van der Waals surface area contributed by atoms with Gasteiger partial charge in [-0.05, 0) is 33.8 Å². The maximum atomic E-state index is 13.3. The third-order valence-electron chi connectivity index (χ3n) is 3.58. The lowest BCUT2D eigenvalue weighted by Crippen LogP contribution is -2.50. The summed E-state index contributed by atoms with van der Waals surface area (Å²) in [6.07, 6.45) is 0. The minimum absolute atomic E-state index is 0.0344. The first-order valence-corrected chi connectivity index (χ1v) is 6.05. The summed E-state index contributed by atoms with van der Waals surface area (Å²) in [5, 5.41) is 0.0344. The Morgan fingerprint density at radius 3 is 2.44 bits per heavy atom. The van der Waals surface area contributed by atoms with E-state index in [0.717, 1.165) is 0 Å². The molecular weight excluding hydrogens is 255 g/mol. The van der Waals surface area contributed by atoms with Crippen molar-refractivity contribution in [2.24, 2.45) is 5.73 Å². The first-order chi connectivity index (χ1) is 8.13. The Morgan fingerprint density at radius 2 is 1.89 bits per heavy atom. The van der Waals surface area contributed by atoms with Crippen LogP contribution in [-0.4, -0.2) is 10.5 Å². The summed E-state index contributed by atoms with van der Waals surface area (Å²) in [5.41, 5.74) is 6.05. The summed E-state index contributed by atoms with van der Waals surface area (Å²) in [6, 6.07) is 2.70. The van der Waals surface area contributed by atoms with Crippen molar-refractivity contribution in [2.75, 3.05) is 0 Å². The third kappa shape index (κ3) is 1.99. The van der Waals surface area contributed by atoms with Gasteiger partial charge in [-0.25, -0.2) is 9.37 Å². The average Bonchev–Trinajstić information content (AvgIpc) is 2.60. The van der Waals surface area contributed by atoms with Gasteiger partial charge in [0.05, 0.1) is 10.4 Å². The Kier molecular flexibility index (Phi) is 2.91. The zero-order chi connectivity index (χ0) is 13.7. The lowest BCUT2D eigenvalue weighted by molar-refractivity contribution is 0.251. The van der Waals surface area contributed by atoms with E-state index in [1.54, 1.807) is 0 Å². The minimum Gasteiger partial charge on any atom is -0.440 e. The molecule has 3 nitrogen and oxygen atoms in total. The molecule has 0 fully saturated rings. The summed E-state index contributed by atoms with van der Waals surface area (Å²) in [7, 11) is 0. The van der Waals surface area contributed by atoms with Crippen LogP contribution < -0.4 is 5.73 Å². The zero-order valence-corrected chi connectivity index (χ0v) is 11.6. The van der Waals surface area contributed by atoms with E-state index < -0.39 is 16.8 Å². The number of halogens is 2. The molecule has 0 aliphatic rings. The van der Waals surface area contributed by atoms with Crippen molar-refractivity contribution in [3.05, 3.63) is 28.9 Å². The minimum atomic E-state index is -0.518. The Hall–Kier alpha value is -1.13. The van der Waals surface area contributed by atoms with Gasteiger partial charge in [0.15, 0.2) is 5.58 Å². The Balaban J connectivity index is 2.61. The molecular formula is C13H16ClFN2O. The molecule has 5 heteroatoms. The largest absolute Gasteiger partial charge is 0.440 e. The van der Waals surface area contributed by atoms with Gasteiger partial charge < -0.3 is 10.2 Å². The van der Waals surface area contributed by atoms with Crippen LogP contribution in [0, 0.1) is 5.82 Å². The van der Waals surface area contributed by atoms with E-state index in [1.165, 1.54) is 12.1 Å². The lowest BCUT2D eigenvalue weighted by atomic mass is 9.75. The topological polar surface area (TPSA) is 52.0 Å². The second kappa shape index (κ2) is 3.93. The highest BCUT2D eigenvalue weighted by Gasteiger charge is 2.39. The summed E-state index contributed by atoms with van der Waals surface area (Å²) in [4.78, 5) is 4.36. The van der Waals surface area contributed by atoms with Crippen molar-refractivity contribution in [2.45, 2.75) is 38.6 Å². The molecule has 0 bridgehead atoms. The molecule has 2 N–H and O–H groups in total. The predicted octanol–water partition coefficient (Wildman–Crippen LogP) is 3.64. The summed E-state index contributed by atoms with van der Waals surface area (Å²) >= 11 is 5.72. The van der Waals surface area contributed by atoms with E-state index >= 15 is 0 Å². The summed E-state index contributed by atoms with van der Waals surface area (Å²) in [6.45, 7) is 7.68. The fraction of sp³-hybridized carbons (Fsp3) is 0.462. The third-order valence-corrected chi connectivity index (χ3v) is 3.87. The first kappa shape index (κ1) is 13.3. The number of aromatic nitrogens is 1. The molecule has 1 aromatic carbocycles. The zero-order valence-electron chi connectivity index (χ0n) is 10.8. The maximum Gasteiger partial charge on any atom is 0.202 e. The molecule has 98 valence electrons. The van der Waals surface area contributed by atoms with Crippen LogP contribution in [0.25, 0.3) is 11.1 Å². The fourth-order valence-electron chi connectivity index (χ4n) is 1.47. The predicted molar refractivity (Wildman–Crippen MR) is 70.3 cm³/mol. The SMILES string of the molecule is CC(C)(N)C(C)(C)c1nc2cc(Cl)c(F)cc2o1. The Labute approximate surface area is 110 Å². The molecule has 0 saturated carbocycles. The van der Waals surface area contributed by atoms with E-state index in [9.17, 15) is 4.39 Å². The van der Waals surface area contributed by atoms with Crippen molar-refractivity contribution in [1.82, 2.24) is 4.98 Å². The van der Waals surface area contributed by atoms with Crippen LogP contribution in [-0.2, 0) is 5.41 Å². The number of fused-ring (bicyclic) bond motifs is 1. The fourth-order valence-corrected chi connectivity index (χ4v) is 1.62. The van der Waals surface area contributed by atoms with Gasteiger partial charge in [-0.2, -0.15) is 0 Å². The van der Waals surface area contributed by atoms with Crippen LogP contribution in [0.2, 0.25) is 5.02 Å². The molecule has 0 spiro atoms. The molecule has 2 aromatic rings. The Bertz CT molecular complexity index is 560. The highest BCUT2D eigenvalue weighted by molar-refractivity contribution is 6.31. The molecule has 0 aliphatic heterocycles. The second-order valence-corrected chi connectivity index (χ2v) is 6.01. The van der Waals surface area contributed by atoms with Crippen molar-refractivity contribution < 1.29 is 8.81 Å². The standard InChI is InChI=1S/C13H16ClFN2O/c1-12(2,13(3,4)16)11-17-9-5-7(14)8(15)6-10(9)18-11/h5-6H,16H2,1-4H3. The van der Waals surface area contributed by atoms with Gasteiger partial charge in [-0.15, -0.1) is 0 Å². The number of rotatable bonds is 2. The van der Waals surface area contributed by atoms with Crippen LogP contribution >= 0.6 is 11.6 Å². The van der Waals surface area contributed by atoms with Crippen molar-refractivity contribution in [1.29, 1.82) is 0 Å². The number of nitrogens with two attached hydrogens (primary N) is 1. The monoisotopic (exact) mass is 270 g/mol. The van der Waals surface area contributed by atoms with Gasteiger partial charge in [-0.1, -0.05) is 11.6 Å². The van der Waals surface area contributed by atoms with Gasteiger partial charge in [0, 0.05) is 11.6 Å². The summed E-state index contributed by atoms with van der Waals surface area (Å²) in [5.74, 6) is -0.0386. The number of hydrogen-bond acceptors (Lipinski definition) is 3. The molecule has 0 saturated heterocycles. The molecule has 18 heavy (non-hydrogen) atoms. The average molecular weight is 271 g/mol. The normalized spacial score (nSPS) is 13.3. The van der Waals surface area contributed by atoms with Gasteiger partial charge in [-0.3, -0.25) is 0 Å². The smallest absolute Gasteiger partial charge is 0.202 e. The van der Waals surface area contributed by atoms with Crippen LogP contribution in [0.5, 0.6) is 0 Å². The van der Waals surface area contributed by atoms with Crippen molar-refractivity contribution in [3.8, 4) is 0 Å². The van der Waals surface area contributed by atoms with Crippen LogP contribution in [0.3, 0.4) is 0 Å². The van der Waals surface area contributed by atoms with Gasteiger partial charge >= 0.3 is 0 Å². The molecule has 0 atom stereocenters. The van der Waals surface area contributed by atoms with Gasteiger partial charge in [0.2, 0.25) is 5.89 Å². The number of nitrogens with zero attached hydrogens (tertiary/aromatic N) is 1. The van der Waals surface area contributed by atoms with Crippen LogP contribution in [0.1, 0.15) is 33.6 Å². The number of hydrogen-bond donors (Lipinski definition) is 1.